The van der Waals surface area contributed by atoms with Crippen molar-refractivity contribution in [1.29, 1.82) is 0 Å². The Bertz CT molecular complexity index is 425. The van der Waals surface area contributed by atoms with Crippen LogP contribution in [0.25, 0.3) is 0 Å². The third kappa shape index (κ3) is 5.05. The van der Waals surface area contributed by atoms with Crippen LogP contribution in [0.2, 0.25) is 5.02 Å². The van der Waals surface area contributed by atoms with Crippen LogP contribution < -0.4 is 5.46 Å². The van der Waals surface area contributed by atoms with Crippen molar-refractivity contribution in [2.45, 2.75) is 6.92 Å². The van der Waals surface area contributed by atoms with E-state index in [1.54, 1.807) is 24.3 Å². The Morgan fingerprint density at radius 3 is 1.76 bits per heavy atom. The summed E-state index contributed by atoms with van der Waals surface area (Å²) < 4.78 is 0. The summed E-state index contributed by atoms with van der Waals surface area (Å²) in [5, 5.41) is 18.0. The fourth-order valence-electron chi connectivity index (χ4n) is 1.18. The van der Waals surface area contributed by atoms with Crippen molar-refractivity contribution in [3.8, 4) is 0 Å². The highest BCUT2D eigenvalue weighted by molar-refractivity contribution is 6.58. The van der Waals surface area contributed by atoms with Crippen molar-refractivity contribution in [1.82, 2.24) is 0 Å². The predicted octanol–water partition coefficient (Wildman–Crippen LogP) is 2.01. The van der Waals surface area contributed by atoms with E-state index in [4.69, 9.17) is 21.6 Å². The number of rotatable bonds is 1. The maximum Gasteiger partial charge on any atom is 0.488 e. The van der Waals surface area contributed by atoms with Crippen molar-refractivity contribution in [3.05, 3.63) is 65.2 Å². The molecule has 17 heavy (non-hydrogen) atoms. The second-order valence-electron chi connectivity index (χ2n) is 3.53. The van der Waals surface area contributed by atoms with Gasteiger partial charge in [0.2, 0.25) is 0 Å². The van der Waals surface area contributed by atoms with Crippen LogP contribution >= 0.6 is 11.6 Å². The minimum Gasteiger partial charge on any atom is -0.423 e. The molecule has 0 heterocycles. The summed E-state index contributed by atoms with van der Waals surface area (Å²) in [6.45, 7) is 1.99. The molecule has 0 aromatic heterocycles. The molecule has 0 aliphatic rings. The van der Waals surface area contributed by atoms with Crippen LogP contribution in [0.4, 0.5) is 0 Å². The molecule has 0 saturated carbocycles. The maximum absolute atomic E-state index is 8.58. The lowest BCUT2D eigenvalue weighted by Gasteiger charge is -1.94. The first-order chi connectivity index (χ1) is 8.11. The molecule has 0 spiro atoms. The Morgan fingerprint density at radius 1 is 0.882 bits per heavy atom. The van der Waals surface area contributed by atoms with E-state index in [9.17, 15) is 0 Å². The fraction of sp³-hybridized carbons (Fsp3) is 0.0769. The van der Waals surface area contributed by atoms with Gasteiger partial charge in [-0.25, -0.2) is 0 Å². The van der Waals surface area contributed by atoms with Gasteiger partial charge >= 0.3 is 7.12 Å². The van der Waals surface area contributed by atoms with Crippen LogP contribution in [0.5, 0.6) is 0 Å². The summed E-state index contributed by atoms with van der Waals surface area (Å²) in [5.41, 5.74) is 1.66. The summed E-state index contributed by atoms with van der Waals surface area (Å²) in [7, 11) is -1.34. The van der Waals surface area contributed by atoms with Gasteiger partial charge in [0.05, 0.1) is 0 Å². The Kier molecular flexibility index (Phi) is 5.77. The highest BCUT2D eigenvalue weighted by Gasteiger charge is 2.07. The molecule has 2 aromatic rings. The highest BCUT2D eigenvalue weighted by Crippen LogP contribution is 2.11. The van der Waals surface area contributed by atoms with Gasteiger partial charge in [-0.05, 0) is 24.0 Å². The first-order valence-electron chi connectivity index (χ1n) is 5.23. The van der Waals surface area contributed by atoms with E-state index in [1.807, 2.05) is 37.3 Å². The van der Waals surface area contributed by atoms with Crippen LogP contribution in [0, 0.1) is 6.92 Å². The van der Waals surface area contributed by atoms with E-state index in [1.165, 1.54) is 0 Å². The Labute approximate surface area is 107 Å². The van der Waals surface area contributed by atoms with Crippen molar-refractivity contribution in [3.63, 3.8) is 0 Å². The molecule has 88 valence electrons. The minimum atomic E-state index is -1.34. The van der Waals surface area contributed by atoms with Gasteiger partial charge in [0.15, 0.2) is 0 Å². The highest BCUT2D eigenvalue weighted by atomic mass is 35.5. The van der Waals surface area contributed by atoms with Gasteiger partial charge < -0.3 is 10.0 Å². The van der Waals surface area contributed by atoms with Crippen molar-refractivity contribution in [2.24, 2.45) is 0 Å². The van der Waals surface area contributed by atoms with Crippen LogP contribution in [0.3, 0.4) is 0 Å². The van der Waals surface area contributed by atoms with E-state index in [2.05, 4.69) is 0 Å². The number of hydrogen-bond acceptors (Lipinski definition) is 2. The lowest BCUT2D eigenvalue weighted by molar-refractivity contribution is 0.426. The summed E-state index contributed by atoms with van der Waals surface area (Å²) in [4.78, 5) is 0. The molecule has 0 radical (unpaired) electrons. The topological polar surface area (TPSA) is 40.5 Å². The Morgan fingerprint density at radius 2 is 1.41 bits per heavy atom. The number of aryl methyl sites for hydroxylation is 1. The zero-order valence-corrected chi connectivity index (χ0v) is 10.3. The summed E-state index contributed by atoms with van der Waals surface area (Å²) in [6, 6.07) is 16.4. The fourth-order valence-corrected chi connectivity index (χ4v) is 1.31. The van der Waals surface area contributed by atoms with E-state index in [-0.39, 0.29) is 0 Å². The molecule has 0 saturated heterocycles. The Hall–Kier alpha value is -1.29. The van der Waals surface area contributed by atoms with Gasteiger partial charge in [0, 0.05) is 5.02 Å². The molecule has 4 heteroatoms. The molecule has 0 unspecified atom stereocenters. The van der Waals surface area contributed by atoms with Crippen LogP contribution in [-0.2, 0) is 0 Å². The molecule has 0 aliphatic heterocycles. The average Bonchev–Trinajstić information content (AvgIpc) is 2.35. The third-order valence-electron chi connectivity index (χ3n) is 2.17. The van der Waals surface area contributed by atoms with E-state index in [0.717, 1.165) is 10.6 Å². The standard InChI is InChI=1S/C7H7Cl.C6H7BO2/c1-6-4-2-3-5-7(6)8;8-7(9)6-4-2-1-3-5-6/h2-5H,1H3;1-5,8-9H. The molecule has 2 N–H and O–H groups in total. The quantitative estimate of drug-likeness (QED) is 0.758. The zero-order valence-electron chi connectivity index (χ0n) is 9.55. The number of benzene rings is 2. The van der Waals surface area contributed by atoms with Gasteiger partial charge in [-0.3, -0.25) is 0 Å². The number of hydrogen-bond donors (Lipinski definition) is 2. The molecule has 2 aromatic carbocycles. The van der Waals surface area contributed by atoms with Gasteiger partial charge in [0.1, 0.15) is 0 Å². The molecule has 0 bridgehead atoms. The molecule has 2 nitrogen and oxygen atoms in total. The van der Waals surface area contributed by atoms with Crippen molar-refractivity contribution >= 4 is 24.2 Å². The maximum atomic E-state index is 8.58. The van der Waals surface area contributed by atoms with Gasteiger partial charge in [-0.1, -0.05) is 60.1 Å². The van der Waals surface area contributed by atoms with Crippen molar-refractivity contribution < 1.29 is 10.0 Å². The zero-order chi connectivity index (χ0) is 12.7. The van der Waals surface area contributed by atoms with E-state index >= 15 is 0 Å². The molecule has 0 aliphatic carbocycles. The number of halogens is 1. The lowest BCUT2D eigenvalue weighted by atomic mass is 9.81. The van der Waals surface area contributed by atoms with Crippen molar-refractivity contribution in [2.75, 3.05) is 0 Å². The van der Waals surface area contributed by atoms with Gasteiger partial charge in [-0.15, -0.1) is 0 Å². The van der Waals surface area contributed by atoms with E-state index in [0.29, 0.717) is 5.46 Å². The lowest BCUT2D eigenvalue weighted by Crippen LogP contribution is -2.29. The molecule has 2 rings (SSSR count). The minimum absolute atomic E-state index is 0.525. The summed E-state index contributed by atoms with van der Waals surface area (Å²) in [6.07, 6.45) is 0. The van der Waals surface area contributed by atoms with Crippen LogP contribution in [-0.4, -0.2) is 17.2 Å². The largest absolute Gasteiger partial charge is 0.488 e. The second-order valence-corrected chi connectivity index (χ2v) is 3.94. The average molecular weight is 249 g/mol. The summed E-state index contributed by atoms with van der Waals surface area (Å²) >= 11 is 5.71. The third-order valence-corrected chi connectivity index (χ3v) is 2.60. The smallest absolute Gasteiger partial charge is 0.423 e. The first kappa shape index (κ1) is 13.8. The predicted molar refractivity (Wildman–Crippen MR) is 72.5 cm³/mol. The van der Waals surface area contributed by atoms with E-state index < -0.39 is 7.12 Å². The monoisotopic (exact) mass is 248 g/mol. The van der Waals surface area contributed by atoms with Crippen LogP contribution in [0.15, 0.2) is 54.6 Å². The molecular formula is C13H14BClO2. The molecule has 0 atom stereocenters. The molecular weight excluding hydrogens is 234 g/mol. The molecule has 0 fully saturated rings. The molecule has 0 amide bonds. The van der Waals surface area contributed by atoms with Gasteiger partial charge in [0.25, 0.3) is 0 Å². The SMILES string of the molecule is Cc1ccccc1Cl.OB(O)c1ccccc1. The summed E-state index contributed by atoms with van der Waals surface area (Å²) in [5.74, 6) is 0. The first-order valence-corrected chi connectivity index (χ1v) is 5.61. The second kappa shape index (κ2) is 7.12. The van der Waals surface area contributed by atoms with Gasteiger partial charge in [-0.2, -0.15) is 0 Å². The normalized spacial score (nSPS) is 9.18. The van der Waals surface area contributed by atoms with Crippen LogP contribution in [0.1, 0.15) is 5.56 Å². The Balaban J connectivity index is 0.000000171.